The third kappa shape index (κ3) is 3.32. The van der Waals surface area contributed by atoms with E-state index in [1.54, 1.807) is 0 Å². The highest BCUT2D eigenvalue weighted by Gasteiger charge is 2.23. The van der Waals surface area contributed by atoms with Gasteiger partial charge in [-0.1, -0.05) is 36.4 Å². The lowest BCUT2D eigenvalue weighted by atomic mass is 9.97. The minimum atomic E-state index is 0.164. The first-order chi connectivity index (χ1) is 12.2. The van der Waals surface area contributed by atoms with E-state index in [0.717, 1.165) is 19.3 Å². The van der Waals surface area contributed by atoms with Gasteiger partial charge in [0.15, 0.2) is 0 Å². The first kappa shape index (κ1) is 15.9. The Kier molecular flexibility index (Phi) is 4.31. The number of H-pyrrole nitrogens is 1. The van der Waals surface area contributed by atoms with Gasteiger partial charge in [0.25, 0.3) is 0 Å². The van der Waals surface area contributed by atoms with Gasteiger partial charge in [0.05, 0.1) is 0 Å². The fourth-order valence-electron chi connectivity index (χ4n) is 4.00. The highest BCUT2D eigenvalue weighted by molar-refractivity contribution is 5.84. The average Bonchev–Trinajstić information content (AvgIpc) is 3.19. The van der Waals surface area contributed by atoms with Crippen molar-refractivity contribution in [3.63, 3.8) is 0 Å². The van der Waals surface area contributed by atoms with Crippen molar-refractivity contribution in [2.24, 2.45) is 0 Å². The first-order valence-electron chi connectivity index (χ1n) is 9.12. The van der Waals surface area contributed by atoms with Crippen LogP contribution in [0.2, 0.25) is 0 Å². The minimum Gasteiger partial charge on any atom is -0.361 e. The van der Waals surface area contributed by atoms with Crippen LogP contribution in [0, 0.1) is 6.92 Å². The molecule has 0 aliphatic heterocycles. The third-order valence-corrected chi connectivity index (χ3v) is 5.33. The summed E-state index contributed by atoms with van der Waals surface area (Å²) in [5.41, 5.74) is 6.47. The van der Waals surface area contributed by atoms with Gasteiger partial charge < -0.3 is 10.3 Å². The Hall–Kier alpha value is -2.55. The summed E-state index contributed by atoms with van der Waals surface area (Å²) in [4.78, 5) is 15.7. The summed E-state index contributed by atoms with van der Waals surface area (Å²) < 4.78 is 0. The van der Waals surface area contributed by atoms with Crippen LogP contribution in [0.4, 0.5) is 0 Å². The molecule has 1 heterocycles. The van der Waals surface area contributed by atoms with E-state index in [4.69, 9.17) is 0 Å². The zero-order chi connectivity index (χ0) is 17.2. The molecular formula is C22H24N2O. The molecule has 0 bridgehead atoms. The molecule has 1 aromatic heterocycles. The molecular weight excluding hydrogens is 308 g/mol. The van der Waals surface area contributed by atoms with Gasteiger partial charge in [-0.05, 0) is 60.4 Å². The Morgan fingerprint density at radius 2 is 2.12 bits per heavy atom. The molecule has 0 fully saturated rings. The molecule has 1 aliphatic rings. The molecule has 3 aromatic rings. The van der Waals surface area contributed by atoms with Crippen LogP contribution in [0.15, 0.2) is 48.7 Å². The summed E-state index contributed by atoms with van der Waals surface area (Å²) in [6, 6.07) is 15.0. The number of aryl methyl sites for hydroxylation is 2. The quantitative estimate of drug-likeness (QED) is 0.720. The van der Waals surface area contributed by atoms with E-state index < -0.39 is 0 Å². The number of nitrogens with one attached hydrogen (secondary N) is 2. The maximum absolute atomic E-state index is 12.3. The van der Waals surface area contributed by atoms with Gasteiger partial charge in [-0.3, -0.25) is 4.79 Å². The molecule has 0 saturated heterocycles. The van der Waals surface area contributed by atoms with E-state index in [9.17, 15) is 4.79 Å². The second kappa shape index (κ2) is 6.75. The van der Waals surface area contributed by atoms with E-state index in [-0.39, 0.29) is 5.91 Å². The standard InChI is InChI=1S/C22H24N2O/c1-15-6-9-20-18(14-24-21(20)12-15)10-11-23-22(25)13-17-8-7-16-4-2-3-5-19(16)17/h2-6,9,12,14,17,24H,7-8,10-11,13H2,1H3,(H,23,25). The second-order valence-electron chi connectivity index (χ2n) is 7.10. The SMILES string of the molecule is Cc1ccc2c(CCNC(=O)CC3CCc4ccccc43)c[nH]c2c1. The Morgan fingerprint density at radius 3 is 3.04 bits per heavy atom. The van der Waals surface area contributed by atoms with Gasteiger partial charge in [0, 0.05) is 30.1 Å². The smallest absolute Gasteiger partial charge is 0.220 e. The van der Waals surface area contributed by atoms with Crippen LogP contribution >= 0.6 is 0 Å². The van der Waals surface area contributed by atoms with Gasteiger partial charge in [0.1, 0.15) is 0 Å². The van der Waals surface area contributed by atoms with Crippen molar-refractivity contribution in [1.82, 2.24) is 10.3 Å². The van der Waals surface area contributed by atoms with Crippen molar-refractivity contribution in [3.05, 3.63) is 70.9 Å². The molecule has 1 atom stereocenters. The van der Waals surface area contributed by atoms with Crippen molar-refractivity contribution in [2.75, 3.05) is 6.54 Å². The van der Waals surface area contributed by atoms with Crippen LogP contribution in [0.3, 0.4) is 0 Å². The summed E-state index contributed by atoms with van der Waals surface area (Å²) >= 11 is 0. The molecule has 0 radical (unpaired) electrons. The van der Waals surface area contributed by atoms with Gasteiger partial charge in [-0.2, -0.15) is 0 Å². The minimum absolute atomic E-state index is 0.164. The highest BCUT2D eigenvalue weighted by Crippen LogP contribution is 2.35. The summed E-state index contributed by atoms with van der Waals surface area (Å²) in [6.07, 6.45) is 5.71. The number of carbonyl (C=O) groups is 1. The molecule has 128 valence electrons. The van der Waals surface area contributed by atoms with Gasteiger partial charge in [-0.25, -0.2) is 0 Å². The number of benzene rings is 2. The molecule has 3 heteroatoms. The fraction of sp³-hybridized carbons (Fsp3) is 0.318. The summed E-state index contributed by atoms with van der Waals surface area (Å²) in [5.74, 6) is 0.546. The molecule has 0 spiro atoms. The zero-order valence-electron chi connectivity index (χ0n) is 14.6. The van der Waals surface area contributed by atoms with Gasteiger partial charge in [-0.15, -0.1) is 0 Å². The van der Waals surface area contributed by atoms with Crippen LogP contribution in [0.1, 0.15) is 41.0 Å². The second-order valence-corrected chi connectivity index (χ2v) is 7.10. The van der Waals surface area contributed by atoms with Crippen molar-refractivity contribution < 1.29 is 4.79 Å². The molecule has 4 rings (SSSR count). The number of aromatic amines is 1. The van der Waals surface area contributed by atoms with E-state index in [1.165, 1.54) is 33.2 Å². The van der Waals surface area contributed by atoms with Crippen molar-refractivity contribution in [2.45, 2.75) is 38.5 Å². The number of aromatic nitrogens is 1. The number of carbonyl (C=O) groups excluding carboxylic acids is 1. The lowest BCUT2D eigenvalue weighted by Gasteiger charge is -2.11. The van der Waals surface area contributed by atoms with Crippen molar-refractivity contribution in [1.29, 1.82) is 0 Å². The van der Waals surface area contributed by atoms with Crippen LogP contribution in [-0.2, 0) is 17.6 Å². The molecule has 1 unspecified atom stereocenters. The number of hydrogen-bond acceptors (Lipinski definition) is 1. The summed E-state index contributed by atoms with van der Waals surface area (Å²) in [7, 11) is 0. The molecule has 25 heavy (non-hydrogen) atoms. The maximum atomic E-state index is 12.3. The molecule has 0 saturated carbocycles. The first-order valence-corrected chi connectivity index (χ1v) is 9.12. The maximum Gasteiger partial charge on any atom is 0.220 e. The summed E-state index contributed by atoms with van der Waals surface area (Å²) in [6.45, 7) is 2.79. The van der Waals surface area contributed by atoms with E-state index in [0.29, 0.717) is 18.9 Å². The molecule has 3 nitrogen and oxygen atoms in total. The normalized spacial score (nSPS) is 16.1. The van der Waals surface area contributed by atoms with Crippen LogP contribution in [0.25, 0.3) is 10.9 Å². The average molecular weight is 332 g/mol. The largest absolute Gasteiger partial charge is 0.361 e. The van der Waals surface area contributed by atoms with E-state index in [2.05, 4.69) is 65.9 Å². The Morgan fingerprint density at radius 1 is 1.24 bits per heavy atom. The monoisotopic (exact) mass is 332 g/mol. The predicted molar refractivity (Wildman–Crippen MR) is 102 cm³/mol. The lowest BCUT2D eigenvalue weighted by molar-refractivity contribution is -0.121. The molecule has 2 N–H and O–H groups in total. The highest BCUT2D eigenvalue weighted by atomic mass is 16.1. The number of fused-ring (bicyclic) bond motifs is 2. The van der Waals surface area contributed by atoms with Crippen LogP contribution in [0.5, 0.6) is 0 Å². The predicted octanol–water partition coefficient (Wildman–Crippen LogP) is 4.26. The number of hydrogen-bond donors (Lipinski definition) is 2. The Bertz CT molecular complexity index is 909. The van der Waals surface area contributed by atoms with Crippen molar-refractivity contribution in [3.8, 4) is 0 Å². The Labute approximate surface area is 148 Å². The molecule has 1 amide bonds. The molecule has 1 aliphatic carbocycles. The topological polar surface area (TPSA) is 44.9 Å². The fourth-order valence-corrected chi connectivity index (χ4v) is 4.00. The zero-order valence-corrected chi connectivity index (χ0v) is 14.6. The lowest BCUT2D eigenvalue weighted by Crippen LogP contribution is -2.26. The van der Waals surface area contributed by atoms with E-state index >= 15 is 0 Å². The number of rotatable bonds is 5. The van der Waals surface area contributed by atoms with E-state index in [1.807, 2.05) is 0 Å². The van der Waals surface area contributed by atoms with Gasteiger partial charge in [0.2, 0.25) is 5.91 Å². The third-order valence-electron chi connectivity index (χ3n) is 5.33. The summed E-state index contributed by atoms with van der Waals surface area (Å²) in [5, 5.41) is 4.36. The van der Waals surface area contributed by atoms with Crippen LogP contribution in [-0.4, -0.2) is 17.4 Å². The van der Waals surface area contributed by atoms with Crippen molar-refractivity contribution >= 4 is 16.8 Å². The van der Waals surface area contributed by atoms with Gasteiger partial charge >= 0.3 is 0 Å². The molecule has 2 aromatic carbocycles. The Balaban J connectivity index is 1.32. The van der Waals surface area contributed by atoms with Crippen LogP contribution < -0.4 is 5.32 Å². The number of amides is 1.